The van der Waals surface area contributed by atoms with Crippen molar-refractivity contribution in [3.8, 4) is 17.0 Å². The maximum Gasteiger partial charge on any atom is 0.289 e. The van der Waals surface area contributed by atoms with Crippen LogP contribution < -0.4 is 15.0 Å². The molecular weight excluding hydrogens is 467 g/mol. The zero-order chi connectivity index (χ0) is 23.0. The molecule has 32 heavy (non-hydrogen) atoms. The molecule has 2 amide bonds. The number of hydrogen-bond acceptors (Lipinski definition) is 6. The molecule has 0 spiro atoms. The first-order chi connectivity index (χ1) is 15.3. The average Bonchev–Trinajstić information content (AvgIpc) is 2.88. The highest BCUT2D eigenvalue weighted by molar-refractivity contribution is 6.33. The molecule has 4 rings (SSSR count). The SMILES string of the molecule is CN1C(=O)C(NC(=O)c2ncc(Cl)c(-c3cccc(F)c3F)n2)COc2cc(Cl)cnc21. The fraction of sp³-hybridized carbons (Fsp3) is 0.150. The third-order valence-corrected chi connectivity index (χ3v) is 5.09. The molecule has 1 aliphatic rings. The second-order valence-corrected chi connectivity index (χ2v) is 7.54. The Morgan fingerprint density at radius 1 is 1.25 bits per heavy atom. The minimum atomic E-state index is -1.17. The maximum atomic E-state index is 14.2. The van der Waals surface area contributed by atoms with Gasteiger partial charge in [0.15, 0.2) is 23.2 Å². The Morgan fingerprint density at radius 2 is 2.03 bits per heavy atom. The van der Waals surface area contributed by atoms with Crippen LogP contribution >= 0.6 is 23.2 Å². The van der Waals surface area contributed by atoms with E-state index in [0.717, 1.165) is 12.3 Å². The van der Waals surface area contributed by atoms with Crippen LogP contribution in [-0.2, 0) is 4.79 Å². The molecule has 1 N–H and O–H groups in total. The normalized spacial score (nSPS) is 15.6. The molecule has 0 saturated heterocycles. The largest absolute Gasteiger partial charge is 0.487 e. The van der Waals surface area contributed by atoms with E-state index in [2.05, 4.69) is 20.3 Å². The summed E-state index contributed by atoms with van der Waals surface area (Å²) >= 11 is 12.0. The van der Waals surface area contributed by atoms with Crippen molar-refractivity contribution in [2.45, 2.75) is 6.04 Å². The molecule has 3 aromatic rings. The molecule has 2 aromatic heterocycles. The number of benzene rings is 1. The molecule has 0 radical (unpaired) electrons. The van der Waals surface area contributed by atoms with Crippen molar-refractivity contribution < 1.29 is 23.1 Å². The highest BCUT2D eigenvalue weighted by Gasteiger charge is 2.32. The summed E-state index contributed by atoms with van der Waals surface area (Å²) in [6, 6.07) is 3.88. The lowest BCUT2D eigenvalue weighted by atomic mass is 10.1. The number of fused-ring (bicyclic) bond motifs is 1. The summed E-state index contributed by atoms with van der Waals surface area (Å²) in [5.74, 6) is -3.49. The molecule has 1 aliphatic heterocycles. The lowest BCUT2D eigenvalue weighted by Gasteiger charge is -2.19. The van der Waals surface area contributed by atoms with Crippen molar-refractivity contribution in [2.75, 3.05) is 18.6 Å². The van der Waals surface area contributed by atoms with Gasteiger partial charge >= 0.3 is 0 Å². The van der Waals surface area contributed by atoms with Crippen LogP contribution in [0.5, 0.6) is 5.75 Å². The van der Waals surface area contributed by atoms with Crippen molar-refractivity contribution >= 4 is 40.8 Å². The first-order valence-corrected chi connectivity index (χ1v) is 9.85. The zero-order valence-electron chi connectivity index (χ0n) is 16.3. The summed E-state index contributed by atoms with van der Waals surface area (Å²) in [5.41, 5.74) is -0.408. The number of carbonyl (C=O) groups excluding carboxylic acids is 2. The number of rotatable bonds is 3. The maximum absolute atomic E-state index is 14.2. The second-order valence-electron chi connectivity index (χ2n) is 6.70. The molecule has 1 aromatic carbocycles. The summed E-state index contributed by atoms with van der Waals surface area (Å²) in [6.07, 6.45) is 2.45. The summed E-state index contributed by atoms with van der Waals surface area (Å²) < 4.78 is 33.4. The molecule has 0 aliphatic carbocycles. The number of ether oxygens (including phenoxy) is 1. The summed E-state index contributed by atoms with van der Waals surface area (Å²) in [5, 5.41) is 2.71. The predicted molar refractivity (Wildman–Crippen MR) is 112 cm³/mol. The van der Waals surface area contributed by atoms with E-state index in [0.29, 0.717) is 5.02 Å². The molecule has 164 valence electrons. The molecular formula is C20H13Cl2F2N5O3. The van der Waals surface area contributed by atoms with Crippen LogP contribution in [0, 0.1) is 11.6 Å². The van der Waals surface area contributed by atoms with E-state index in [4.69, 9.17) is 27.9 Å². The highest BCUT2D eigenvalue weighted by atomic mass is 35.5. The van der Waals surface area contributed by atoms with Crippen molar-refractivity contribution in [3.05, 3.63) is 64.2 Å². The highest BCUT2D eigenvalue weighted by Crippen LogP contribution is 2.31. The van der Waals surface area contributed by atoms with Gasteiger partial charge in [0.25, 0.3) is 11.8 Å². The Kier molecular flexibility index (Phi) is 5.90. The number of halogens is 4. The van der Waals surface area contributed by atoms with Crippen molar-refractivity contribution in [1.82, 2.24) is 20.3 Å². The number of carbonyl (C=O) groups is 2. The number of aromatic nitrogens is 3. The Bertz CT molecular complexity index is 1240. The van der Waals surface area contributed by atoms with Gasteiger partial charge in [-0.05, 0) is 12.1 Å². The van der Waals surface area contributed by atoms with Gasteiger partial charge in [-0.25, -0.2) is 23.7 Å². The summed E-state index contributed by atoms with van der Waals surface area (Å²) in [6.45, 7) is -0.205. The van der Waals surface area contributed by atoms with Gasteiger partial charge in [-0.3, -0.25) is 14.5 Å². The van der Waals surface area contributed by atoms with Gasteiger partial charge in [0.05, 0.1) is 21.9 Å². The second kappa shape index (κ2) is 8.64. The zero-order valence-corrected chi connectivity index (χ0v) is 17.8. The molecule has 8 nitrogen and oxygen atoms in total. The van der Waals surface area contributed by atoms with Crippen LogP contribution in [0.4, 0.5) is 14.6 Å². The van der Waals surface area contributed by atoms with Crippen molar-refractivity contribution in [2.24, 2.45) is 0 Å². The van der Waals surface area contributed by atoms with Gasteiger partial charge in [0, 0.05) is 24.9 Å². The summed E-state index contributed by atoms with van der Waals surface area (Å²) in [4.78, 5) is 38.6. The number of likely N-dealkylation sites (N-methyl/N-ethyl adjacent to an activating group) is 1. The van der Waals surface area contributed by atoms with Crippen LogP contribution in [0.1, 0.15) is 10.6 Å². The smallest absolute Gasteiger partial charge is 0.289 e. The van der Waals surface area contributed by atoms with Gasteiger partial charge in [0.1, 0.15) is 12.6 Å². The monoisotopic (exact) mass is 479 g/mol. The molecule has 0 saturated carbocycles. The first-order valence-electron chi connectivity index (χ1n) is 9.10. The van der Waals surface area contributed by atoms with E-state index in [9.17, 15) is 18.4 Å². The van der Waals surface area contributed by atoms with Crippen molar-refractivity contribution in [1.29, 1.82) is 0 Å². The van der Waals surface area contributed by atoms with E-state index in [1.165, 1.54) is 36.3 Å². The van der Waals surface area contributed by atoms with Gasteiger partial charge in [-0.2, -0.15) is 0 Å². The number of anilines is 1. The minimum absolute atomic E-state index is 0.0851. The predicted octanol–water partition coefficient (Wildman–Crippen LogP) is 3.28. The Morgan fingerprint density at radius 3 is 2.81 bits per heavy atom. The lowest BCUT2D eigenvalue weighted by molar-refractivity contribution is -0.120. The van der Waals surface area contributed by atoms with Crippen LogP contribution in [-0.4, -0.2) is 46.5 Å². The Hall–Kier alpha value is -3.37. The molecule has 0 fully saturated rings. The lowest BCUT2D eigenvalue weighted by Crippen LogP contribution is -2.49. The van der Waals surface area contributed by atoms with E-state index >= 15 is 0 Å². The Balaban J connectivity index is 1.59. The van der Waals surface area contributed by atoms with Crippen LogP contribution in [0.3, 0.4) is 0 Å². The van der Waals surface area contributed by atoms with Gasteiger partial charge in [-0.1, -0.05) is 29.3 Å². The number of pyridine rings is 1. The number of nitrogens with zero attached hydrogens (tertiary/aromatic N) is 4. The van der Waals surface area contributed by atoms with E-state index in [-0.39, 0.29) is 34.5 Å². The third kappa shape index (κ3) is 4.06. The topological polar surface area (TPSA) is 97.3 Å². The molecule has 1 atom stereocenters. The fourth-order valence-electron chi connectivity index (χ4n) is 3.03. The van der Waals surface area contributed by atoms with Gasteiger partial charge in [0.2, 0.25) is 5.82 Å². The van der Waals surface area contributed by atoms with E-state index in [1.54, 1.807) is 0 Å². The third-order valence-electron chi connectivity index (χ3n) is 4.61. The fourth-order valence-corrected chi connectivity index (χ4v) is 3.37. The van der Waals surface area contributed by atoms with Crippen LogP contribution in [0.2, 0.25) is 10.0 Å². The first kappa shape index (κ1) is 21.8. The van der Waals surface area contributed by atoms with E-state index < -0.39 is 35.3 Å². The molecule has 0 bridgehead atoms. The molecule has 1 unspecified atom stereocenters. The molecule has 12 heteroatoms. The number of amides is 2. The number of hydrogen-bond donors (Lipinski definition) is 1. The van der Waals surface area contributed by atoms with E-state index in [1.807, 2.05) is 0 Å². The van der Waals surface area contributed by atoms with Gasteiger partial charge < -0.3 is 10.1 Å². The van der Waals surface area contributed by atoms with Crippen molar-refractivity contribution in [3.63, 3.8) is 0 Å². The summed E-state index contributed by atoms with van der Waals surface area (Å²) in [7, 11) is 1.47. The number of nitrogens with one attached hydrogen (secondary N) is 1. The Labute approximate surface area is 190 Å². The average molecular weight is 480 g/mol. The van der Waals surface area contributed by atoms with Crippen LogP contribution in [0.25, 0.3) is 11.3 Å². The quantitative estimate of drug-likeness (QED) is 0.618. The van der Waals surface area contributed by atoms with Crippen LogP contribution in [0.15, 0.2) is 36.7 Å². The standard InChI is InChI=1S/C20H13Cl2F2N5O3/c1-29-18-14(5-9(21)6-26-18)32-8-13(20(29)31)27-19(30)17-25-7-11(22)16(28-17)10-3-2-4-12(23)15(10)24/h2-7,13H,8H2,1H3,(H,27,30). The minimum Gasteiger partial charge on any atom is -0.487 e. The van der Waals surface area contributed by atoms with Gasteiger partial charge in [-0.15, -0.1) is 0 Å². The molecule has 3 heterocycles.